The van der Waals surface area contributed by atoms with E-state index < -0.39 is 0 Å². The molecule has 0 unspecified atom stereocenters. The average molecular weight is 1000 g/mol. The summed E-state index contributed by atoms with van der Waals surface area (Å²) in [7, 11) is 0. The Hall–Kier alpha value is -6.02. The van der Waals surface area contributed by atoms with E-state index in [9.17, 15) is 0 Å². The Morgan fingerprint density at radius 3 is 0.507 bits per heavy atom. The van der Waals surface area contributed by atoms with Gasteiger partial charge in [0.2, 0.25) is 0 Å². The molecule has 71 heavy (non-hydrogen) atoms. The van der Waals surface area contributed by atoms with E-state index in [1.807, 2.05) is 0 Å². The largest absolute Gasteiger partial charge is 0.412 e. The first-order valence-corrected chi connectivity index (χ1v) is 25.0. The SMILES string of the molecule is CC1(C)c2ccc([nH]2)C2c3ccc([nH]3)C(C)(C)c3ccc([nH]3)C(C)(C)c3ccc([nH]3)C(c3ccc([nH]3)C(C)(C)c3ccc1[nH]3)c1ccc([nH]1)C(C)(C)c1ccc([nH]1)C(C)(C)c1ccc2[nH]1.ClCCl.O.O.O. The molecule has 0 fully saturated rings. The molecule has 12 heterocycles. The van der Waals surface area contributed by atoms with Gasteiger partial charge in [-0.3, -0.25) is 0 Å². The van der Waals surface area contributed by atoms with Crippen molar-refractivity contribution in [1.29, 1.82) is 0 Å². The van der Waals surface area contributed by atoms with Gasteiger partial charge in [-0.2, -0.15) is 0 Å². The maximum Gasteiger partial charge on any atom is 0.0967 e. The molecule has 20 bridgehead atoms. The first-order chi connectivity index (χ1) is 32.1. The summed E-state index contributed by atoms with van der Waals surface area (Å²) in [5, 5.41) is 0.194. The van der Waals surface area contributed by atoms with Crippen LogP contribution in [0, 0.1) is 0 Å². The minimum atomic E-state index is -0.342. The van der Waals surface area contributed by atoms with E-state index in [1.165, 1.54) is 0 Å². The number of aromatic nitrogens is 9. The second-order valence-corrected chi connectivity index (χ2v) is 23.3. The van der Waals surface area contributed by atoms with Crippen LogP contribution in [0.2, 0.25) is 0 Å². The standard InChI is InChI=1S/C56H65N9.CH2Cl2.3H2O/c1-51(2)37-19-13-31(57-37)49-32-14-21-39(58-32)53(5,6)45-27-29-47(64-45)55(9,10)41-23-17-35(61-41)50(34-16-20-38(60-34)52(3,4)44-26-25-43(51)63-44)36-18-24-42(62-36)56(11,12)48-30-28-46(65-48)54(7,8)40-22-15-33(49)59-40;2-1-3;;;/h13-30,49-50,57-65H,1-12H3;1H2;3*1H2. The van der Waals surface area contributed by atoms with Crippen molar-refractivity contribution < 1.29 is 16.4 Å². The lowest BCUT2D eigenvalue weighted by molar-refractivity contribution is 0.565. The highest BCUT2D eigenvalue weighted by atomic mass is 35.5. The van der Waals surface area contributed by atoms with Crippen LogP contribution in [0.1, 0.15) is 197 Å². The van der Waals surface area contributed by atoms with Crippen LogP contribution in [0.25, 0.3) is 0 Å². The molecule has 14 heteroatoms. The molecule has 378 valence electrons. The van der Waals surface area contributed by atoms with Crippen LogP contribution in [-0.4, -0.2) is 66.6 Å². The zero-order valence-corrected chi connectivity index (χ0v) is 44.5. The Morgan fingerprint density at radius 2 is 0.366 bits per heavy atom. The summed E-state index contributed by atoms with van der Waals surface area (Å²) in [6.07, 6.45) is 0. The third kappa shape index (κ3) is 8.41. The van der Waals surface area contributed by atoms with Gasteiger partial charge in [-0.1, -0.05) is 0 Å². The third-order valence-corrected chi connectivity index (χ3v) is 16.3. The third-order valence-electron chi connectivity index (χ3n) is 16.3. The molecular weight excluding hydrogens is 930 g/mol. The van der Waals surface area contributed by atoms with Gasteiger partial charge in [0.05, 0.1) is 17.2 Å². The normalized spacial score (nSPS) is 19.5. The van der Waals surface area contributed by atoms with Gasteiger partial charge < -0.3 is 61.3 Å². The topological polar surface area (TPSA) is 237 Å². The second-order valence-electron chi connectivity index (χ2n) is 22.5. The van der Waals surface area contributed by atoms with Gasteiger partial charge >= 0.3 is 0 Å². The predicted molar refractivity (Wildman–Crippen MR) is 289 cm³/mol. The molecule has 3 aliphatic heterocycles. The molecule has 12 rings (SSSR count). The van der Waals surface area contributed by atoms with Gasteiger partial charge in [-0.05, 0) is 192 Å². The van der Waals surface area contributed by atoms with Crippen molar-refractivity contribution in [1.82, 2.24) is 44.9 Å². The highest BCUT2D eigenvalue weighted by Crippen LogP contribution is 2.44. The quantitative estimate of drug-likeness (QED) is 0.0645. The summed E-state index contributed by atoms with van der Waals surface area (Å²) in [4.78, 5) is 35.7. The Morgan fingerprint density at radius 1 is 0.254 bits per heavy atom. The van der Waals surface area contributed by atoms with Crippen molar-refractivity contribution in [2.75, 3.05) is 5.34 Å². The lowest BCUT2D eigenvalue weighted by atomic mass is 9.85. The summed E-state index contributed by atoms with van der Waals surface area (Å²) < 4.78 is 0. The van der Waals surface area contributed by atoms with Crippen molar-refractivity contribution in [3.05, 3.63) is 212 Å². The fourth-order valence-electron chi connectivity index (χ4n) is 10.9. The summed E-state index contributed by atoms with van der Waals surface area (Å²) in [5.41, 5.74) is 18.5. The molecule has 15 N–H and O–H groups in total. The van der Waals surface area contributed by atoms with Crippen molar-refractivity contribution in [3.63, 3.8) is 0 Å². The first-order valence-electron chi connectivity index (χ1n) is 24.0. The Balaban J connectivity index is 0.00000121. The number of nitrogens with one attached hydrogen (secondary N) is 9. The number of halogens is 2. The van der Waals surface area contributed by atoms with Crippen LogP contribution in [0.3, 0.4) is 0 Å². The van der Waals surface area contributed by atoms with Crippen molar-refractivity contribution in [2.45, 2.75) is 127 Å². The smallest absolute Gasteiger partial charge is 0.0967 e. The predicted octanol–water partition coefficient (Wildman–Crippen LogP) is 11.5. The second kappa shape index (κ2) is 18.2. The van der Waals surface area contributed by atoms with Crippen molar-refractivity contribution >= 4 is 23.2 Å². The Kier molecular flexibility index (Phi) is 13.6. The number of aromatic amines is 9. The minimum absolute atomic E-state index is 0. The number of hydrogen-bond acceptors (Lipinski definition) is 0. The van der Waals surface area contributed by atoms with E-state index in [4.69, 9.17) is 23.2 Å². The highest BCUT2D eigenvalue weighted by molar-refractivity contribution is 6.40. The lowest BCUT2D eigenvalue weighted by Crippen LogP contribution is -2.24. The number of H-pyrrole nitrogens is 9. The van der Waals surface area contributed by atoms with Crippen molar-refractivity contribution in [2.24, 2.45) is 0 Å². The zero-order chi connectivity index (χ0) is 48.3. The molecule has 0 saturated heterocycles. The van der Waals surface area contributed by atoms with Crippen LogP contribution in [0.4, 0.5) is 0 Å². The van der Waals surface area contributed by atoms with Gasteiger partial charge in [0, 0.05) is 135 Å². The minimum Gasteiger partial charge on any atom is -0.412 e. The van der Waals surface area contributed by atoms with Crippen LogP contribution in [0.5, 0.6) is 0 Å². The molecule has 9 aromatic heterocycles. The molecule has 0 aromatic carbocycles. The van der Waals surface area contributed by atoms with Gasteiger partial charge in [0.1, 0.15) is 0 Å². The number of rotatable bonds is 0. The molecule has 0 aliphatic carbocycles. The lowest BCUT2D eigenvalue weighted by Gasteiger charge is -2.27. The molecule has 9 aromatic rings. The van der Waals surface area contributed by atoms with Crippen LogP contribution in [0.15, 0.2) is 109 Å². The Labute approximate surface area is 426 Å². The van der Waals surface area contributed by atoms with E-state index in [-0.39, 0.29) is 66.1 Å². The van der Waals surface area contributed by atoms with Gasteiger partial charge in [-0.15, -0.1) is 23.2 Å². The van der Waals surface area contributed by atoms with E-state index in [0.29, 0.717) is 0 Å². The Bertz CT molecular complexity index is 2710. The summed E-state index contributed by atoms with van der Waals surface area (Å²) in [5.74, 6) is -0.233. The monoisotopic (exact) mass is 1000 g/mol. The maximum atomic E-state index is 4.76. The summed E-state index contributed by atoms with van der Waals surface area (Å²) in [6.45, 7) is 27.7. The molecular formula is C57H73Cl2N9O3. The maximum absolute atomic E-state index is 4.76. The molecule has 0 radical (unpaired) electrons. The summed E-state index contributed by atoms with van der Waals surface area (Å²) >= 11 is 9.53. The van der Waals surface area contributed by atoms with Crippen LogP contribution < -0.4 is 0 Å². The van der Waals surface area contributed by atoms with Crippen molar-refractivity contribution in [3.8, 4) is 0 Å². The van der Waals surface area contributed by atoms with Gasteiger partial charge in [0.25, 0.3) is 0 Å². The van der Waals surface area contributed by atoms with Gasteiger partial charge in [-0.25, -0.2) is 0 Å². The molecule has 12 nitrogen and oxygen atoms in total. The number of hydrogen-bond donors (Lipinski definition) is 9. The molecule has 0 spiro atoms. The van der Waals surface area contributed by atoms with Crippen LogP contribution >= 0.6 is 23.2 Å². The number of alkyl halides is 2. The highest BCUT2D eigenvalue weighted by Gasteiger charge is 2.38. The van der Waals surface area contributed by atoms with E-state index in [0.717, 1.165) is 102 Å². The van der Waals surface area contributed by atoms with Gasteiger partial charge in [0.15, 0.2) is 0 Å². The molecule has 0 saturated carbocycles. The molecule has 0 amide bonds. The molecule has 3 aliphatic rings. The zero-order valence-electron chi connectivity index (χ0n) is 43.0. The fraction of sp³-hybridized carbons (Fsp3) is 0.368. The average Bonchev–Trinajstić information content (AvgIpc) is 4.15. The fourth-order valence-corrected chi connectivity index (χ4v) is 10.9. The van der Waals surface area contributed by atoms with E-state index in [1.54, 1.807) is 0 Å². The van der Waals surface area contributed by atoms with E-state index in [2.05, 4.69) is 237 Å². The molecule has 0 atom stereocenters. The van der Waals surface area contributed by atoms with E-state index >= 15 is 0 Å². The van der Waals surface area contributed by atoms with Crippen LogP contribution in [-0.2, 0) is 32.5 Å². The first kappa shape index (κ1) is 52.8. The summed E-state index contributed by atoms with van der Waals surface area (Å²) in [6, 6.07) is 41.0.